The lowest BCUT2D eigenvalue weighted by molar-refractivity contribution is -0.385. The number of hydrogen-bond acceptors (Lipinski definition) is 7. The molecule has 2 aliphatic heterocycles. The second kappa shape index (κ2) is 6.97. The molecule has 0 radical (unpaired) electrons. The van der Waals surface area contributed by atoms with Crippen LogP contribution < -0.4 is 16.0 Å². The molecular formula is C20H21N7O3. The van der Waals surface area contributed by atoms with E-state index in [1.807, 2.05) is 6.07 Å². The third kappa shape index (κ3) is 3.00. The minimum atomic E-state index is -0.511. The van der Waals surface area contributed by atoms with E-state index in [0.29, 0.717) is 11.2 Å². The van der Waals surface area contributed by atoms with Crippen LogP contribution in [0.4, 0.5) is 17.2 Å². The molecule has 154 valence electrons. The van der Waals surface area contributed by atoms with Crippen molar-refractivity contribution in [1.82, 2.24) is 15.0 Å². The Kier molecular flexibility index (Phi) is 4.27. The van der Waals surface area contributed by atoms with Gasteiger partial charge in [0.05, 0.1) is 16.2 Å². The van der Waals surface area contributed by atoms with Crippen molar-refractivity contribution in [2.75, 3.05) is 10.2 Å². The number of amides is 1. The number of nitrogens with two attached hydrogens (primary N) is 1. The minimum absolute atomic E-state index is 0.00478. The van der Waals surface area contributed by atoms with Crippen LogP contribution in [-0.4, -0.2) is 43.9 Å². The Morgan fingerprint density at radius 2 is 1.97 bits per heavy atom. The molecule has 3 aromatic rings. The molecule has 0 spiro atoms. The number of fused-ring (bicyclic) bond motifs is 3. The largest absolute Gasteiger partial charge is 0.381 e. The number of nitro groups is 1. The Morgan fingerprint density at radius 3 is 2.60 bits per heavy atom. The number of piperidine rings is 1. The predicted octanol–water partition coefficient (Wildman–Crippen LogP) is 2.58. The number of carbonyl (C=O) groups is 1. The second-order valence-electron chi connectivity index (χ2n) is 7.89. The first kappa shape index (κ1) is 18.3. The van der Waals surface area contributed by atoms with E-state index in [2.05, 4.69) is 25.2 Å². The van der Waals surface area contributed by atoms with Gasteiger partial charge in [-0.15, -0.1) is 0 Å². The van der Waals surface area contributed by atoms with Crippen LogP contribution >= 0.6 is 0 Å². The van der Waals surface area contributed by atoms with Crippen molar-refractivity contribution >= 4 is 34.1 Å². The maximum atomic E-state index is 12.0. The van der Waals surface area contributed by atoms with Gasteiger partial charge in [0.15, 0.2) is 0 Å². The fraction of sp³-hybridized carbons (Fsp3) is 0.350. The Balaban J connectivity index is 1.39. The number of anilines is 2. The van der Waals surface area contributed by atoms with E-state index < -0.39 is 10.8 Å². The Bertz CT molecular complexity index is 1110. The number of nitrogens with one attached hydrogen (secondary N) is 2. The molecule has 0 aliphatic carbocycles. The van der Waals surface area contributed by atoms with E-state index in [9.17, 15) is 14.9 Å². The molecule has 5 heterocycles. The van der Waals surface area contributed by atoms with E-state index in [1.165, 1.54) is 18.5 Å². The van der Waals surface area contributed by atoms with Gasteiger partial charge in [0, 0.05) is 42.0 Å². The number of nitrogens with zero attached hydrogens (tertiary/aromatic N) is 4. The molecule has 0 unspecified atom stereocenters. The highest BCUT2D eigenvalue weighted by atomic mass is 16.6. The summed E-state index contributed by atoms with van der Waals surface area (Å²) in [5.74, 6) is 0.268. The molecule has 5 rings (SSSR count). The number of rotatable bonds is 5. The predicted molar refractivity (Wildman–Crippen MR) is 111 cm³/mol. The van der Waals surface area contributed by atoms with Crippen molar-refractivity contribution < 1.29 is 9.72 Å². The summed E-state index contributed by atoms with van der Waals surface area (Å²) in [4.78, 5) is 36.4. The quantitative estimate of drug-likeness (QED) is 0.435. The Hall–Kier alpha value is -3.69. The lowest BCUT2D eigenvalue weighted by atomic mass is 9.96. The first-order valence-electron chi connectivity index (χ1n) is 9.92. The highest BCUT2D eigenvalue weighted by Crippen LogP contribution is 2.40. The number of pyridine rings is 2. The van der Waals surface area contributed by atoms with Gasteiger partial charge in [-0.3, -0.25) is 14.9 Å². The third-order valence-electron chi connectivity index (χ3n) is 6.14. The standard InChI is InChI=1S/C20H21N7O3/c21-19(28)16-10-24-20-15(5-6-22-20)18(16)25-11-7-12-1-2-13(8-11)26(12)17-4-3-14(9-23-17)27(29)30/h3-6,9-13H,1-2,7-8H2,(H2,21,28)(H2,22,24,25)/t11-,12+,13-. The van der Waals surface area contributed by atoms with Crippen molar-refractivity contribution in [3.05, 3.63) is 52.5 Å². The molecule has 2 saturated heterocycles. The van der Waals surface area contributed by atoms with Gasteiger partial charge in [0.25, 0.3) is 11.6 Å². The summed E-state index contributed by atoms with van der Waals surface area (Å²) < 4.78 is 0. The van der Waals surface area contributed by atoms with Crippen molar-refractivity contribution in [2.45, 2.75) is 43.8 Å². The second-order valence-corrected chi connectivity index (χ2v) is 7.89. The zero-order valence-corrected chi connectivity index (χ0v) is 16.1. The van der Waals surface area contributed by atoms with Gasteiger partial charge in [0.2, 0.25) is 0 Å². The van der Waals surface area contributed by atoms with Gasteiger partial charge >= 0.3 is 0 Å². The van der Waals surface area contributed by atoms with Crippen molar-refractivity contribution in [2.24, 2.45) is 5.73 Å². The zero-order chi connectivity index (χ0) is 20.8. The molecule has 0 saturated carbocycles. The van der Waals surface area contributed by atoms with E-state index in [-0.39, 0.29) is 23.8 Å². The van der Waals surface area contributed by atoms with Gasteiger partial charge in [0.1, 0.15) is 17.7 Å². The number of primary amides is 1. The molecule has 2 fully saturated rings. The first-order chi connectivity index (χ1) is 14.5. The van der Waals surface area contributed by atoms with Crippen molar-refractivity contribution in [3.63, 3.8) is 0 Å². The van der Waals surface area contributed by atoms with Gasteiger partial charge < -0.3 is 20.9 Å². The molecule has 4 N–H and O–H groups in total. The van der Waals surface area contributed by atoms with Crippen LogP contribution in [0.3, 0.4) is 0 Å². The molecule has 3 atom stereocenters. The molecule has 1 amide bonds. The fourth-order valence-electron chi connectivity index (χ4n) is 4.86. The van der Waals surface area contributed by atoms with Crippen LogP contribution in [0.5, 0.6) is 0 Å². The molecule has 2 bridgehead atoms. The number of carbonyl (C=O) groups excluding carboxylic acids is 1. The van der Waals surface area contributed by atoms with Gasteiger partial charge in [-0.2, -0.15) is 0 Å². The molecule has 0 aromatic carbocycles. The average Bonchev–Trinajstić information content (AvgIpc) is 3.31. The molecule has 2 aliphatic rings. The van der Waals surface area contributed by atoms with Crippen LogP contribution in [0.1, 0.15) is 36.0 Å². The summed E-state index contributed by atoms with van der Waals surface area (Å²) >= 11 is 0. The van der Waals surface area contributed by atoms with Crippen molar-refractivity contribution in [1.29, 1.82) is 0 Å². The molecule has 3 aromatic heterocycles. The Morgan fingerprint density at radius 1 is 1.20 bits per heavy atom. The van der Waals surface area contributed by atoms with Crippen LogP contribution in [0, 0.1) is 10.1 Å². The van der Waals surface area contributed by atoms with E-state index in [4.69, 9.17) is 5.73 Å². The third-order valence-corrected chi connectivity index (χ3v) is 6.14. The minimum Gasteiger partial charge on any atom is -0.381 e. The maximum Gasteiger partial charge on any atom is 0.287 e. The topological polar surface area (TPSA) is 143 Å². The van der Waals surface area contributed by atoms with Gasteiger partial charge in [-0.25, -0.2) is 9.97 Å². The molecule has 10 nitrogen and oxygen atoms in total. The number of aromatic nitrogens is 3. The van der Waals surface area contributed by atoms with E-state index in [0.717, 1.165) is 42.6 Å². The summed E-state index contributed by atoms with van der Waals surface area (Å²) in [6.07, 6.45) is 8.45. The smallest absolute Gasteiger partial charge is 0.287 e. The number of H-pyrrole nitrogens is 1. The monoisotopic (exact) mass is 407 g/mol. The van der Waals surface area contributed by atoms with Crippen LogP contribution in [0.25, 0.3) is 11.0 Å². The Labute approximate surface area is 171 Å². The number of hydrogen-bond donors (Lipinski definition) is 3. The SMILES string of the molecule is NC(=O)c1cnc2[nH]ccc2c1N[C@H]1C[C@H]2CC[C@@H](C1)N2c1ccc([N+](=O)[O-])cn1. The molecular weight excluding hydrogens is 386 g/mol. The molecule has 30 heavy (non-hydrogen) atoms. The fourth-order valence-corrected chi connectivity index (χ4v) is 4.86. The van der Waals surface area contributed by atoms with Gasteiger partial charge in [-0.1, -0.05) is 0 Å². The van der Waals surface area contributed by atoms with Crippen LogP contribution in [0.15, 0.2) is 36.8 Å². The summed E-state index contributed by atoms with van der Waals surface area (Å²) in [6.45, 7) is 0. The lowest BCUT2D eigenvalue weighted by Gasteiger charge is -2.40. The number of aromatic amines is 1. The first-order valence-corrected chi connectivity index (χ1v) is 9.92. The van der Waals surface area contributed by atoms with E-state index in [1.54, 1.807) is 12.3 Å². The zero-order valence-electron chi connectivity index (χ0n) is 16.1. The lowest BCUT2D eigenvalue weighted by Crippen LogP contribution is -2.47. The highest BCUT2D eigenvalue weighted by molar-refractivity contribution is 6.06. The highest BCUT2D eigenvalue weighted by Gasteiger charge is 2.41. The van der Waals surface area contributed by atoms with E-state index >= 15 is 0 Å². The summed E-state index contributed by atoms with van der Waals surface area (Å²) in [5.41, 5.74) is 7.39. The van der Waals surface area contributed by atoms with Crippen molar-refractivity contribution in [3.8, 4) is 0 Å². The average molecular weight is 407 g/mol. The van der Waals surface area contributed by atoms with Gasteiger partial charge in [-0.05, 0) is 37.8 Å². The normalized spacial score (nSPS) is 22.9. The summed E-state index contributed by atoms with van der Waals surface area (Å²) in [7, 11) is 0. The summed E-state index contributed by atoms with van der Waals surface area (Å²) in [5, 5.41) is 15.3. The maximum absolute atomic E-state index is 12.0. The van der Waals surface area contributed by atoms with Crippen LogP contribution in [-0.2, 0) is 0 Å². The van der Waals surface area contributed by atoms with Crippen LogP contribution in [0.2, 0.25) is 0 Å². The summed E-state index contributed by atoms with van der Waals surface area (Å²) in [6, 6.07) is 5.88. The molecule has 10 heteroatoms.